The molecule has 0 saturated carbocycles. The molecule has 1 aliphatic rings. The van der Waals surface area contributed by atoms with Crippen molar-refractivity contribution in [3.05, 3.63) is 90.3 Å². The number of benzene rings is 2. The molecule has 4 rings (SSSR count). The van der Waals surface area contributed by atoms with Crippen molar-refractivity contribution in [1.29, 1.82) is 0 Å². The lowest BCUT2D eigenvalue weighted by Gasteiger charge is -2.42. The summed E-state index contributed by atoms with van der Waals surface area (Å²) in [6.07, 6.45) is 6.95. The molecule has 0 aliphatic carbocycles. The predicted molar refractivity (Wildman–Crippen MR) is 130 cm³/mol. The number of hydrogen-bond donors (Lipinski definition) is 1. The number of carbonyl (C=O) groups is 2. The van der Waals surface area contributed by atoms with E-state index in [9.17, 15) is 9.59 Å². The first kappa shape index (κ1) is 22.7. The van der Waals surface area contributed by atoms with Crippen LogP contribution in [0.15, 0.2) is 79.1 Å². The van der Waals surface area contributed by atoms with E-state index in [2.05, 4.69) is 22.4 Å². The number of pyridine rings is 1. The van der Waals surface area contributed by atoms with Gasteiger partial charge in [0.15, 0.2) is 0 Å². The number of nitrogens with zero attached hydrogens (tertiary/aromatic N) is 2. The van der Waals surface area contributed by atoms with E-state index in [1.807, 2.05) is 65.7 Å². The van der Waals surface area contributed by atoms with Gasteiger partial charge in [-0.15, -0.1) is 0 Å². The Morgan fingerprint density at radius 2 is 1.82 bits per heavy atom. The van der Waals surface area contributed by atoms with Crippen LogP contribution in [0.25, 0.3) is 11.1 Å². The molecule has 3 aromatic rings. The SMILES string of the molecule is CNC(=O)[C@]1(Cc2ccccc2-c2cccnc2)CCCN(C(=O)CCc2ccccc2)C1. The minimum absolute atomic E-state index is 0.00375. The number of carbonyl (C=O) groups excluding carboxylic acids is 2. The molecule has 1 aromatic heterocycles. The van der Waals surface area contributed by atoms with Crippen molar-refractivity contribution < 1.29 is 9.59 Å². The van der Waals surface area contributed by atoms with Crippen LogP contribution in [0.1, 0.15) is 30.4 Å². The van der Waals surface area contributed by atoms with Gasteiger partial charge in [-0.3, -0.25) is 14.6 Å². The zero-order chi connectivity index (χ0) is 23.1. The smallest absolute Gasteiger partial charge is 0.228 e. The monoisotopic (exact) mass is 441 g/mol. The van der Waals surface area contributed by atoms with Crippen molar-refractivity contribution in [2.24, 2.45) is 5.41 Å². The number of rotatable bonds is 7. The first-order chi connectivity index (χ1) is 16.1. The Bertz CT molecular complexity index is 1080. The molecule has 170 valence electrons. The van der Waals surface area contributed by atoms with Gasteiger partial charge in [0.2, 0.25) is 11.8 Å². The standard InChI is InChI=1S/C28H31N3O2/c1-29-27(33)28(19-23-11-5-6-13-25(23)24-12-7-17-30-20-24)16-8-18-31(21-28)26(32)15-14-22-9-3-2-4-10-22/h2-7,9-13,17,20H,8,14-16,18-19,21H2,1H3,(H,29,33)/t28-/m0/s1. The van der Waals surface area contributed by atoms with Crippen LogP contribution in [0, 0.1) is 5.41 Å². The summed E-state index contributed by atoms with van der Waals surface area (Å²) in [6.45, 7) is 1.15. The van der Waals surface area contributed by atoms with Gasteiger partial charge in [0.1, 0.15) is 0 Å². The van der Waals surface area contributed by atoms with E-state index in [0.717, 1.165) is 35.1 Å². The summed E-state index contributed by atoms with van der Waals surface area (Å²) in [5.74, 6) is 0.122. The second-order valence-corrected chi connectivity index (χ2v) is 8.84. The van der Waals surface area contributed by atoms with Crippen LogP contribution in [-0.4, -0.2) is 41.8 Å². The summed E-state index contributed by atoms with van der Waals surface area (Å²) < 4.78 is 0. The third-order valence-corrected chi connectivity index (χ3v) is 6.63. The van der Waals surface area contributed by atoms with E-state index >= 15 is 0 Å². The van der Waals surface area contributed by atoms with Crippen LogP contribution in [0.2, 0.25) is 0 Å². The highest BCUT2D eigenvalue weighted by Crippen LogP contribution is 2.37. The zero-order valence-corrected chi connectivity index (χ0v) is 19.2. The lowest BCUT2D eigenvalue weighted by Crippen LogP contribution is -2.54. The molecule has 0 bridgehead atoms. The topological polar surface area (TPSA) is 62.3 Å². The summed E-state index contributed by atoms with van der Waals surface area (Å²) in [7, 11) is 1.69. The molecule has 2 aromatic carbocycles. The molecule has 33 heavy (non-hydrogen) atoms. The minimum atomic E-state index is -0.645. The van der Waals surface area contributed by atoms with Crippen molar-refractivity contribution in [2.45, 2.75) is 32.1 Å². The fourth-order valence-electron chi connectivity index (χ4n) is 4.92. The van der Waals surface area contributed by atoms with Crippen molar-refractivity contribution in [3.63, 3.8) is 0 Å². The Labute approximate surface area is 195 Å². The van der Waals surface area contributed by atoms with Gasteiger partial charge in [-0.25, -0.2) is 0 Å². The molecule has 0 radical (unpaired) electrons. The van der Waals surface area contributed by atoms with E-state index in [0.29, 0.717) is 32.4 Å². The fraction of sp³-hybridized carbons (Fsp3) is 0.321. The molecule has 5 nitrogen and oxygen atoms in total. The molecule has 0 spiro atoms. The summed E-state index contributed by atoms with van der Waals surface area (Å²) >= 11 is 0. The first-order valence-corrected chi connectivity index (χ1v) is 11.6. The van der Waals surface area contributed by atoms with Gasteiger partial charge in [-0.2, -0.15) is 0 Å². The van der Waals surface area contributed by atoms with Crippen LogP contribution in [0.5, 0.6) is 0 Å². The van der Waals surface area contributed by atoms with E-state index in [-0.39, 0.29) is 11.8 Å². The molecular weight excluding hydrogens is 410 g/mol. The van der Waals surface area contributed by atoms with Gasteiger partial charge in [0, 0.05) is 44.5 Å². The van der Waals surface area contributed by atoms with E-state index in [1.165, 1.54) is 0 Å². The molecule has 1 aliphatic heterocycles. The molecular formula is C28H31N3O2. The second kappa shape index (κ2) is 10.4. The number of amides is 2. The van der Waals surface area contributed by atoms with Crippen LogP contribution >= 0.6 is 0 Å². The van der Waals surface area contributed by atoms with Gasteiger partial charge in [-0.05, 0) is 48.4 Å². The Hall–Kier alpha value is -3.47. The summed E-state index contributed by atoms with van der Waals surface area (Å²) in [4.78, 5) is 32.5. The molecule has 2 amide bonds. The van der Waals surface area contributed by atoms with Crippen LogP contribution in [0.4, 0.5) is 0 Å². The van der Waals surface area contributed by atoms with Crippen molar-refractivity contribution in [3.8, 4) is 11.1 Å². The van der Waals surface area contributed by atoms with E-state index in [1.54, 1.807) is 13.2 Å². The van der Waals surface area contributed by atoms with Gasteiger partial charge >= 0.3 is 0 Å². The van der Waals surface area contributed by atoms with Gasteiger partial charge in [-0.1, -0.05) is 60.7 Å². The van der Waals surface area contributed by atoms with Gasteiger partial charge in [0.25, 0.3) is 0 Å². The normalized spacial score (nSPS) is 18.0. The van der Waals surface area contributed by atoms with E-state index in [4.69, 9.17) is 0 Å². The maximum Gasteiger partial charge on any atom is 0.228 e. The highest BCUT2D eigenvalue weighted by Gasteiger charge is 2.43. The Morgan fingerprint density at radius 1 is 1.03 bits per heavy atom. The molecule has 1 fully saturated rings. The zero-order valence-electron chi connectivity index (χ0n) is 19.2. The molecule has 1 atom stereocenters. The van der Waals surface area contributed by atoms with E-state index < -0.39 is 5.41 Å². The first-order valence-electron chi connectivity index (χ1n) is 11.6. The number of aromatic nitrogens is 1. The lowest BCUT2D eigenvalue weighted by molar-refractivity contribution is -0.141. The Morgan fingerprint density at radius 3 is 2.58 bits per heavy atom. The lowest BCUT2D eigenvalue weighted by atomic mass is 9.73. The predicted octanol–water partition coefficient (Wildman–Crippen LogP) is 4.28. The molecule has 5 heteroatoms. The van der Waals surface area contributed by atoms with Crippen molar-refractivity contribution in [2.75, 3.05) is 20.1 Å². The third-order valence-electron chi connectivity index (χ3n) is 6.63. The molecule has 1 saturated heterocycles. The van der Waals surface area contributed by atoms with Crippen LogP contribution in [0.3, 0.4) is 0 Å². The number of nitrogens with one attached hydrogen (secondary N) is 1. The van der Waals surface area contributed by atoms with Crippen molar-refractivity contribution in [1.82, 2.24) is 15.2 Å². The fourth-order valence-corrected chi connectivity index (χ4v) is 4.92. The largest absolute Gasteiger partial charge is 0.359 e. The third kappa shape index (κ3) is 5.30. The van der Waals surface area contributed by atoms with Crippen LogP contribution in [-0.2, 0) is 22.4 Å². The van der Waals surface area contributed by atoms with Gasteiger partial charge in [0.05, 0.1) is 5.41 Å². The summed E-state index contributed by atoms with van der Waals surface area (Å²) in [5.41, 5.74) is 3.74. The molecule has 0 unspecified atom stereocenters. The number of piperidine rings is 1. The highest BCUT2D eigenvalue weighted by molar-refractivity contribution is 5.85. The number of aryl methyl sites for hydroxylation is 1. The molecule has 1 N–H and O–H groups in total. The minimum Gasteiger partial charge on any atom is -0.359 e. The number of hydrogen-bond acceptors (Lipinski definition) is 3. The quantitative estimate of drug-likeness (QED) is 0.595. The molecule has 2 heterocycles. The summed E-state index contributed by atoms with van der Waals surface area (Å²) in [6, 6.07) is 22.2. The Balaban J connectivity index is 1.55. The van der Waals surface area contributed by atoms with Crippen LogP contribution < -0.4 is 5.32 Å². The highest BCUT2D eigenvalue weighted by atomic mass is 16.2. The maximum atomic E-state index is 13.2. The van der Waals surface area contributed by atoms with Crippen molar-refractivity contribution >= 4 is 11.8 Å². The Kier molecular flexibility index (Phi) is 7.18. The van der Waals surface area contributed by atoms with Gasteiger partial charge < -0.3 is 10.2 Å². The average Bonchev–Trinajstić information content (AvgIpc) is 2.88. The maximum absolute atomic E-state index is 13.2. The second-order valence-electron chi connectivity index (χ2n) is 8.84. The summed E-state index contributed by atoms with van der Waals surface area (Å²) in [5, 5.41) is 2.88. The number of likely N-dealkylation sites (tertiary alicyclic amines) is 1. The average molecular weight is 442 g/mol.